The second kappa shape index (κ2) is 9.78. The third-order valence-corrected chi connectivity index (χ3v) is 7.36. The number of halogens is 1. The van der Waals surface area contributed by atoms with Crippen LogP contribution in [0.2, 0.25) is 0 Å². The molecule has 0 N–H and O–H groups in total. The number of pyridine rings is 1. The van der Waals surface area contributed by atoms with Crippen LogP contribution < -0.4 is 4.90 Å². The Hall–Kier alpha value is -1.14. The summed E-state index contributed by atoms with van der Waals surface area (Å²) in [5.41, 5.74) is 3.17. The van der Waals surface area contributed by atoms with Crippen LogP contribution in [0.4, 0.5) is 5.69 Å². The lowest BCUT2D eigenvalue weighted by Crippen LogP contribution is -2.43. The van der Waals surface area contributed by atoms with Crippen LogP contribution in [0.1, 0.15) is 89.8 Å². The summed E-state index contributed by atoms with van der Waals surface area (Å²) in [6.07, 6.45) is 5.54. The number of carbonyl (C=O) groups excluding carboxylic acids is 1. The monoisotopic (exact) mass is 494 g/mol. The second-order valence-corrected chi connectivity index (χ2v) is 11.3. The summed E-state index contributed by atoms with van der Waals surface area (Å²) in [5.74, 6) is 1.21. The van der Waals surface area contributed by atoms with Gasteiger partial charge >= 0.3 is 5.97 Å². The van der Waals surface area contributed by atoms with Gasteiger partial charge < -0.3 is 14.4 Å². The molecule has 31 heavy (non-hydrogen) atoms. The van der Waals surface area contributed by atoms with Crippen LogP contribution >= 0.6 is 15.9 Å². The number of rotatable bonds is 5. The number of fused-ring (bicyclic) bond motifs is 1. The topological polar surface area (TPSA) is 51.7 Å². The summed E-state index contributed by atoms with van der Waals surface area (Å²) >= 11 is 3.82. The normalized spacial score (nSPS) is 22.9. The lowest BCUT2D eigenvalue weighted by molar-refractivity contribution is -0.171. The molecule has 0 radical (unpaired) electrons. The van der Waals surface area contributed by atoms with E-state index in [0.29, 0.717) is 0 Å². The van der Waals surface area contributed by atoms with Crippen LogP contribution in [0.3, 0.4) is 0 Å². The van der Waals surface area contributed by atoms with Crippen molar-refractivity contribution in [3.8, 4) is 0 Å². The summed E-state index contributed by atoms with van der Waals surface area (Å²) in [7, 11) is 0. The van der Waals surface area contributed by atoms with Gasteiger partial charge in [-0.15, -0.1) is 0 Å². The summed E-state index contributed by atoms with van der Waals surface area (Å²) < 4.78 is 12.9. The number of nitrogens with zero attached hydrogens (tertiary/aromatic N) is 2. The van der Waals surface area contributed by atoms with Crippen molar-refractivity contribution < 1.29 is 14.3 Å². The van der Waals surface area contributed by atoms with Crippen molar-refractivity contribution in [3.63, 3.8) is 0 Å². The lowest BCUT2D eigenvalue weighted by Gasteiger charge is -2.44. The number of esters is 1. The first kappa shape index (κ1) is 24.5. The molecule has 1 aromatic rings. The average Bonchev–Trinajstić information content (AvgIpc) is 2.67. The van der Waals surface area contributed by atoms with Gasteiger partial charge in [-0.25, -0.2) is 4.79 Å². The molecule has 0 bridgehead atoms. The molecule has 6 heteroatoms. The van der Waals surface area contributed by atoms with Crippen molar-refractivity contribution in [1.82, 2.24) is 4.98 Å². The van der Waals surface area contributed by atoms with Gasteiger partial charge in [0, 0.05) is 24.3 Å². The van der Waals surface area contributed by atoms with Crippen molar-refractivity contribution in [2.24, 2.45) is 11.8 Å². The summed E-state index contributed by atoms with van der Waals surface area (Å²) in [5, 5.41) is 0. The first-order valence-electron chi connectivity index (χ1n) is 11.8. The van der Waals surface area contributed by atoms with E-state index in [1.165, 1.54) is 32.1 Å². The van der Waals surface area contributed by atoms with Gasteiger partial charge in [0.1, 0.15) is 0 Å². The first-order chi connectivity index (χ1) is 14.5. The number of hydrogen-bond acceptors (Lipinski definition) is 5. The highest BCUT2D eigenvalue weighted by atomic mass is 79.9. The number of aromatic nitrogens is 1. The van der Waals surface area contributed by atoms with E-state index in [2.05, 4.69) is 20.8 Å². The van der Waals surface area contributed by atoms with E-state index in [-0.39, 0.29) is 12.1 Å². The van der Waals surface area contributed by atoms with Crippen molar-refractivity contribution in [2.75, 3.05) is 18.0 Å². The van der Waals surface area contributed by atoms with Gasteiger partial charge in [0.05, 0.1) is 27.6 Å². The summed E-state index contributed by atoms with van der Waals surface area (Å²) in [6.45, 7) is 15.7. The number of piperidine rings is 1. The van der Waals surface area contributed by atoms with Gasteiger partial charge in [-0.1, -0.05) is 19.3 Å². The zero-order valence-electron chi connectivity index (χ0n) is 20.3. The minimum absolute atomic E-state index is 0.206. The highest BCUT2D eigenvalue weighted by molar-refractivity contribution is 9.10. The fourth-order valence-corrected chi connectivity index (χ4v) is 5.67. The molecular weight excluding hydrogens is 456 g/mol. The van der Waals surface area contributed by atoms with E-state index in [9.17, 15) is 4.79 Å². The zero-order chi connectivity index (χ0) is 22.9. The van der Waals surface area contributed by atoms with Crippen LogP contribution in [0.25, 0.3) is 0 Å². The molecule has 1 aromatic heterocycles. The molecule has 0 amide bonds. The number of ether oxygens (including phenoxy) is 2. The van der Waals surface area contributed by atoms with Crippen LogP contribution in [-0.2, 0) is 14.3 Å². The first-order valence-corrected chi connectivity index (χ1v) is 12.6. The number of hydrogen-bond donors (Lipinski definition) is 0. The van der Waals surface area contributed by atoms with Gasteiger partial charge in [0.25, 0.3) is 0 Å². The van der Waals surface area contributed by atoms with Gasteiger partial charge in [-0.05, 0) is 89.1 Å². The predicted octanol–water partition coefficient (Wildman–Crippen LogP) is 6.29. The van der Waals surface area contributed by atoms with E-state index in [1.54, 1.807) is 0 Å². The van der Waals surface area contributed by atoms with Crippen molar-refractivity contribution in [2.45, 2.75) is 98.4 Å². The van der Waals surface area contributed by atoms with Crippen LogP contribution in [0.5, 0.6) is 0 Å². The molecule has 0 spiro atoms. The lowest BCUT2D eigenvalue weighted by atomic mass is 9.75. The maximum absolute atomic E-state index is 13.2. The fraction of sp³-hybridized carbons (Fsp3) is 0.760. The van der Waals surface area contributed by atoms with E-state index >= 15 is 0 Å². The predicted molar refractivity (Wildman–Crippen MR) is 128 cm³/mol. The van der Waals surface area contributed by atoms with E-state index in [0.717, 1.165) is 52.0 Å². The Kier molecular flexibility index (Phi) is 7.73. The van der Waals surface area contributed by atoms with Gasteiger partial charge in [0.15, 0.2) is 6.10 Å². The number of aryl methyl sites for hydroxylation is 2. The van der Waals surface area contributed by atoms with E-state index < -0.39 is 11.7 Å². The maximum atomic E-state index is 13.2. The summed E-state index contributed by atoms with van der Waals surface area (Å²) in [6, 6.07) is 0. The molecule has 2 fully saturated rings. The fourth-order valence-electron chi connectivity index (χ4n) is 5.12. The minimum atomic E-state index is -0.814. The number of carbonyl (C=O) groups is 1. The maximum Gasteiger partial charge on any atom is 0.340 e. The molecule has 1 aliphatic heterocycles. The molecule has 1 saturated heterocycles. The van der Waals surface area contributed by atoms with Gasteiger partial charge in [-0.2, -0.15) is 0 Å². The Bertz CT molecular complexity index is 803. The SMILES string of the molecule is Cc1nc(C)c([C@H](OC(C)(C)C)C(=O)OC(C)C)c(N2CC[C@H]3CCCC[C@H]3C2)c1Br. The molecule has 5 nitrogen and oxygen atoms in total. The molecule has 174 valence electrons. The third-order valence-electron chi connectivity index (χ3n) is 6.41. The average molecular weight is 496 g/mol. The highest BCUT2D eigenvalue weighted by Gasteiger charge is 2.38. The molecular formula is C25H39BrN2O3. The van der Waals surface area contributed by atoms with Crippen LogP contribution in [0.15, 0.2) is 4.47 Å². The third kappa shape index (κ3) is 5.81. The minimum Gasteiger partial charge on any atom is -0.461 e. The highest BCUT2D eigenvalue weighted by Crippen LogP contribution is 2.44. The zero-order valence-corrected chi connectivity index (χ0v) is 21.8. The van der Waals surface area contributed by atoms with Crippen molar-refractivity contribution in [3.05, 3.63) is 21.4 Å². The Balaban J connectivity index is 2.07. The Labute approximate surface area is 196 Å². The largest absolute Gasteiger partial charge is 0.461 e. The van der Waals surface area contributed by atoms with E-state index in [4.69, 9.17) is 14.5 Å². The molecule has 3 rings (SSSR count). The van der Waals surface area contributed by atoms with E-state index in [1.807, 2.05) is 48.5 Å². The van der Waals surface area contributed by atoms with Crippen LogP contribution in [0, 0.1) is 25.7 Å². The van der Waals surface area contributed by atoms with Crippen molar-refractivity contribution >= 4 is 27.6 Å². The smallest absolute Gasteiger partial charge is 0.340 e. The Morgan fingerprint density at radius 1 is 1.10 bits per heavy atom. The Morgan fingerprint density at radius 3 is 2.35 bits per heavy atom. The molecule has 3 atom stereocenters. The molecule has 2 aliphatic rings. The Morgan fingerprint density at radius 2 is 1.74 bits per heavy atom. The molecule has 1 saturated carbocycles. The second-order valence-electron chi connectivity index (χ2n) is 10.5. The van der Waals surface area contributed by atoms with Gasteiger partial charge in [-0.3, -0.25) is 4.98 Å². The molecule has 1 aliphatic carbocycles. The standard InChI is InChI=1S/C25H39BrN2O3/c1-15(2)30-24(29)23(31-25(5,6)7)20-16(3)27-17(4)21(26)22(20)28-13-12-18-10-8-9-11-19(18)14-28/h15,18-19,23H,8-14H2,1-7H3/t18-,19+,23+/m1/s1. The summed E-state index contributed by atoms with van der Waals surface area (Å²) in [4.78, 5) is 20.5. The molecule has 0 unspecified atom stereocenters. The van der Waals surface area contributed by atoms with Crippen molar-refractivity contribution in [1.29, 1.82) is 0 Å². The molecule has 0 aromatic carbocycles. The van der Waals surface area contributed by atoms with Crippen LogP contribution in [-0.4, -0.2) is 35.7 Å². The quantitative estimate of drug-likeness (QED) is 0.450. The van der Waals surface area contributed by atoms with Gasteiger partial charge in [0.2, 0.25) is 0 Å². The number of anilines is 1. The molecule has 2 heterocycles.